The fourth-order valence-electron chi connectivity index (χ4n) is 2.73. The van der Waals surface area contributed by atoms with E-state index in [4.69, 9.17) is 5.11 Å². The minimum atomic E-state index is -0.855. The summed E-state index contributed by atoms with van der Waals surface area (Å²) in [5, 5.41) is 14.6. The summed E-state index contributed by atoms with van der Waals surface area (Å²) in [4.78, 5) is 22.7. The number of carbonyl (C=O) groups excluding carboxylic acids is 1. The Bertz CT molecular complexity index is 307. The fourth-order valence-corrected chi connectivity index (χ4v) is 2.73. The van der Waals surface area contributed by atoms with Crippen LogP contribution in [-0.2, 0) is 4.79 Å². The molecule has 0 spiro atoms. The number of carboxylic acids is 1. The van der Waals surface area contributed by atoms with Gasteiger partial charge < -0.3 is 15.7 Å². The molecule has 3 unspecified atom stereocenters. The lowest BCUT2D eigenvalue weighted by atomic mass is 9.83. The van der Waals surface area contributed by atoms with Gasteiger partial charge in [0.1, 0.15) is 0 Å². The summed E-state index contributed by atoms with van der Waals surface area (Å²) in [6.45, 7) is 4.16. The monoisotopic (exact) mass is 270 g/mol. The molecule has 0 aromatic rings. The van der Waals surface area contributed by atoms with Gasteiger partial charge in [0.25, 0.3) is 0 Å². The molecule has 0 aromatic carbocycles. The van der Waals surface area contributed by atoms with Gasteiger partial charge in [-0.2, -0.15) is 0 Å². The van der Waals surface area contributed by atoms with E-state index in [9.17, 15) is 9.59 Å². The molecule has 3 N–H and O–H groups in total. The van der Waals surface area contributed by atoms with E-state index < -0.39 is 11.9 Å². The number of aliphatic carboxylic acids is 1. The van der Waals surface area contributed by atoms with E-state index >= 15 is 0 Å². The van der Waals surface area contributed by atoms with E-state index in [2.05, 4.69) is 17.6 Å². The van der Waals surface area contributed by atoms with Crippen LogP contribution < -0.4 is 10.6 Å². The molecule has 0 aromatic heterocycles. The van der Waals surface area contributed by atoms with Gasteiger partial charge in [-0.25, -0.2) is 4.79 Å². The quantitative estimate of drug-likeness (QED) is 0.693. The lowest BCUT2D eigenvalue weighted by molar-refractivity contribution is -0.141. The molecule has 1 aliphatic carbocycles. The molecule has 0 radical (unpaired) electrons. The summed E-state index contributed by atoms with van der Waals surface area (Å²) in [7, 11) is 0. The predicted molar refractivity (Wildman–Crippen MR) is 74.0 cm³/mol. The van der Waals surface area contributed by atoms with E-state index in [0.717, 1.165) is 19.3 Å². The third-order valence-electron chi connectivity index (χ3n) is 4.10. The zero-order valence-corrected chi connectivity index (χ0v) is 11.9. The molecule has 2 amide bonds. The van der Waals surface area contributed by atoms with Crippen molar-refractivity contribution in [3.63, 3.8) is 0 Å². The molecule has 5 nitrogen and oxygen atoms in total. The first-order valence-corrected chi connectivity index (χ1v) is 7.35. The van der Waals surface area contributed by atoms with E-state index in [0.29, 0.717) is 12.3 Å². The number of rotatable bonds is 6. The van der Waals surface area contributed by atoms with Gasteiger partial charge in [0, 0.05) is 12.6 Å². The second-order valence-electron chi connectivity index (χ2n) is 5.36. The Balaban J connectivity index is 2.35. The summed E-state index contributed by atoms with van der Waals surface area (Å²) >= 11 is 0. The topological polar surface area (TPSA) is 78.4 Å². The molecule has 19 heavy (non-hydrogen) atoms. The first-order chi connectivity index (χ1) is 9.08. The molecular formula is C14H26N2O3. The molecule has 0 heterocycles. The van der Waals surface area contributed by atoms with Crippen molar-refractivity contribution in [2.45, 2.75) is 58.4 Å². The van der Waals surface area contributed by atoms with Crippen LogP contribution in [0.4, 0.5) is 4.79 Å². The van der Waals surface area contributed by atoms with Crippen molar-refractivity contribution in [1.82, 2.24) is 10.6 Å². The van der Waals surface area contributed by atoms with Crippen molar-refractivity contribution in [1.29, 1.82) is 0 Å². The average molecular weight is 270 g/mol. The summed E-state index contributed by atoms with van der Waals surface area (Å²) in [5.41, 5.74) is 0. The Morgan fingerprint density at radius 1 is 1.26 bits per heavy atom. The lowest BCUT2D eigenvalue weighted by Gasteiger charge is -2.31. The van der Waals surface area contributed by atoms with Crippen LogP contribution in [0.2, 0.25) is 0 Å². The molecule has 1 saturated carbocycles. The van der Waals surface area contributed by atoms with E-state index in [-0.39, 0.29) is 18.6 Å². The van der Waals surface area contributed by atoms with Crippen molar-refractivity contribution < 1.29 is 14.7 Å². The number of carboxylic acid groups (broad SMARTS) is 1. The largest absolute Gasteiger partial charge is 0.481 e. The molecule has 3 atom stereocenters. The van der Waals surface area contributed by atoms with Gasteiger partial charge in [-0.1, -0.05) is 33.1 Å². The minimum Gasteiger partial charge on any atom is -0.481 e. The SMILES string of the molecule is CCC(CNC(=O)NC1CCCCC1CC)C(=O)O. The molecule has 110 valence electrons. The second kappa shape index (κ2) is 8.02. The second-order valence-corrected chi connectivity index (χ2v) is 5.36. The highest BCUT2D eigenvalue weighted by Gasteiger charge is 2.25. The van der Waals surface area contributed by atoms with E-state index in [1.165, 1.54) is 12.8 Å². The van der Waals surface area contributed by atoms with Crippen LogP contribution in [0.25, 0.3) is 0 Å². The molecular weight excluding hydrogens is 244 g/mol. The maximum Gasteiger partial charge on any atom is 0.315 e. The standard InChI is InChI=1S/C14H26N2O3/c1-3-10-7-5-6-8-12(10)16-14(19)15-9-11(4-2)13(17)18/h10-12H,3-9H2,1-2H3,(H,17,18)(H2,15,16,19). The first kappa shape index (κ1) is 15.8. The average Bonchev–Trinajstić information content (AvgIpc) is 2.39. The highest BCUT2D eigenvalue weighted by Crippen LogP contribution is 2.26. The Labute approximate surface area is 115 Å². The number of hydrogen-bond acceptors (Lipinski definition) is 2. The predicted octanol–water partition coefficient (Wildman–Crippen LogP) is 2.37. The normalized spacial score (nSPS) is 24.5. The van der Waals surface area contributed by atoms with Crippen LogP contribution in [0.5, 0.6) is 0 Å². The highest BCUT2D eigenvalue weighted by atomic mass is 16.4. The molecule has 0 saturated heterocycles. The molecule has 1 rings (SSSR count). The smallest absolute Gasteiger partial charge is 0.315 e. The molecule has 1 fully saturated rings. The van der Waals surface area contributed by atoms with Gasteiger partial charge in [-0.15, -0.1) is 0 Å². The molecule has 0 bridgehead atoms. The fraction of sp³-hybridized carbons (Fsp3) is 0.857. The number of nitrogens with one attached hydrogen (secondary N) is 2. The van der Waals surface area contributed by atoms with Crippen molar-refractivity contribution in [2.24, 2.45) is 11.8 Å². The van der Waals surface area contributed by atoms with E-state index in [1.54, 1.807) is 0 Å². The number of urea groups is 1. The van der Waals surface area contributed by atoms with Gasteiger partial charge in [0.2, 0.25) is 0 Å². The van der Waals surface area contributed by atoms with Crippen LogP contribution >= 0.6 is 0 Å². The third kappa shape index (κ3) is 5.09. The Hall–Kier alpha value is -1.26. The zero-order chi connectivity index (χ0) is 14.3. The molecule has 1 aliphatic rings. The maximum absolute atomic E-state index is 11.8. The number of carbonyl (C=O) groups is 2. The van der Waals surface area contributed by atoms with Gasteiger partial charge in [-0.3, -0.25) is 4.79 Å². The summed E-state index contributed by atoms with van der Waals surface area (Å²) in [6, 6.07) is 0.00806. The first-order valence-electron chi connectivity index (χ1n) is 7.35. The van der Waals surface area contributed by atoms with Crippen LogP contribution in [0.15, 0.2) is 0 Å². The Morgan fingerprint density at radius 2 is 1.95 bits per heavy atom. The highest BCUT2D eigenvalue weighted by molar-refractivity contribution is 5.76. The summed E-state index contributed by atoms with van der Waals surface area (Å²) < 4.78 is 0. The molecule has 5 heteroatoms. The van der Waals surface area contributed by atoms with Crippen LogP contribution in [0.1, 0.15) is 52.4 Å². The van der Waals surface area contributed by atoms with Crippen molar-refractivity contribution in [3.8, 4) is 0 Å². The van der Waals surface area contributed by atoms with Gasteiger partial charge in [0.05, 0.1) is 5.92 Å². The minimum absolute atomic E-state index is 0.196. The van der Waals surface area contributed by atoms with Crippen molar-refractivity contribution in [2.75, 3.05) is 6.54 Å². The number of amides is 2. The van der Waals surface area contributed by atoms with Crippen LogP contribution in [0.3, 0.4) is 0 Å². The molecule has 0 aliphatic heterocycles. The third-order valence-corrected chi connectivity index (χ3v) is 4.10. The summed E-state index contributed by atoms with van der Waals surface area (Å²) in [6.07, 6.45) is 6.22. The Morgan fingerprint density at radius 3 is 2.53 bits per heavy atom. The van der Waals surface area contributed by atoms with Gasteiger partial charge in [0.15, 0.2) is 0 Å². The van der Waals surface area contributed by atoms with Gasteiger partial charge >= 0.3 is 12.0 Å². The van der Waals surface area contributed by atoms with E-state index in [1.807, 2.05) is 6.92 Å². The number of hydrogen-bond donors (Lipinski definition) is 3. The lowest BCUT2D eigenvalue weighted by Crippen LogP contribution is -2.48. The summed E-state index contributed by atoms with van der Waals surface area (Å²) in [5.74, 6) is -0.799. The van der Waals surface area contributed by atoms with Crippen LogP contribution in [0, 0.1) is 11.8 Å². The van der Waals surface area contributed by atoms with Crippen LogP contribution in [-0.4, -0.2) is 29.7 Å². The zero-order valence-electron chi connectivity index (χ0n) is 11.9. The maximum atomic E-state index is 11.8. The Kier molecular flexibility index (Phi) is 6.67. The van der Waals surface area contributed by atoms with Crippen molar-refractivity contribution in [3.05, 3.63) is 0 Å². The van der Waals surface area contributed by atoms with Crippen molar-refractivity contribution >= 4 is 12.0 Å². The van der Waals surface area contributed by atoms with Gasteiger partial charge in [-0.05, 0) is 25.2 Å².